The minimum atomic E-state index is -0.502. The van der Waals surface area contributed by atoms with Crippen LogP contribution in [-0.2, 0) is 11.2 Å². The summed E-state index contributed by atoms with van der Waals surface area (Å²) in [5, 5.41) is 2.99. The number of aryl methyl sites for hydroxylation is 1. The molecule has 0 aliphatic rings. The Morgan fingerprint density at radius 1 is 1.44 bits per heavy atom. The highest BCUT2D eigenvalue weighted by molar-refractivity contribution is 9.10. The maximum absolute atomic E-state index is 12.2. The molecule has 1 rings (SSSR count). The first-order chi connectivity index (χ1) is 8.46. The Morgan fingerprint density at radius 3 is 2.61 bits per heavy atom. The first kappa shape index (κ1) is 15.2. The van der Waals surface area contributed by atoms with Crippen LogP contribution in [0.3, 0.4) is 0 Å². The van der Waals surface area contributed by atoms with Crippen molar-refractivity contribution in [2.45, 2.75) is 33.6 Å². The van der Waals surface area contributed by atoms with Gasteiger partial charge in [-0.25, -0.2) is 0 Å². The molecule has 0 bridgehead atoms. The van der Waals surface area contributed by atoms with Crippen molar-refractivity contribution in [3.05, 3.63) is 28.2 Å². The smallest absolute Gasteiger partial charge is 0.231 e. The van der Waals surface area contributed by atoms with Gasteiger partial charge in [0, 0.05) is 16.7 Å². The van der Waals surface area contributed by atoms with Crippen LogP contribution in [0.4, 0.5) is 5.69 Å². The lowest BCUT2D eigenvalue weighted by atomic mass is 9.86. The van der Waals surface area contributed by atoms with Crippen LogP contribution < -0.4 is 11.1 Å². The lowest BCUT2D eigenvalue weighted by Gasteiger charge is -2.25. The van der Waals surface area contributed by atoms with Gasteiger partial charge in [-0.2, -0.15) is 0 Å². The monoisotopic (exact) mass is 312 g/mol. The van der Waals surface area contributed by atoms with E-state index in [0.717, 1.165) is 28.6 Å². The average molecular weight is 313 g/mol. The van der Waals surface area contributed by atoms with Crippen LogP contribution in [0.5, 0.6) is 0 Å². The highest BCUT2D eigenvalue weighted by Crippen LogP contribution is 2.26. The quantitative estimate of drug-likeness (QED) is 0.876. The van der Waals surface area contributed by atoms with E-state index in [1.54, 1.807) is 0 Å². The summed E-state index contributed by atoms with van der Waals surface area (Å²) >= 11 is 3.44. The molecule has 0 aromatic heterocycles. The fourth-order valence-corrected chi connectivity index (χ4v) is 2.06. The first-order valence-electron chi connectivity index (χ1n) is 6.26. The minimum absolute atomic E-state index is 0.00970. The third kappa shape index (κ3) is 3.33. The SMILES string of the molecule is CCc1cc(Br)ccc1NC(=O)C(C)(CC)CN. The lowest BCUT2D eigenvalue weighted by Crippen LogP contribution is -2.39. The standard InChI is InChI=1S/C14H21BrN2O/c1-4-10-8-11(15)6-7-12(10)17-13(18)14(3,5-2)9-16/h6-8H,4-5,9,16H2,1-3H3,(H,17,18). The molecule has 0 spiro atoms. The zero-order valence-corrected chi connectivity index (χ0v) is 12.8. The molecule has 0 radical (unpaired) electrons. The lowest BCUT2D eigenvalue weighted by molar-refractivity contribution is -0.124. The van der Waals surface area contributed by atoms with Crippen LogP contribution in [0.15, 0.2) is 22.7 Å². The second kappa shape index (κ2) is 6.34. The molecule has 0 saturated carbocycles. The Kier molecular flexibility index (Phi) is 5.35. The molecular weight excluding hydrogens is 292 g/mol. The van der Waals surface area contributed by atoms with Gasteiger partial charge in [-0.1, -0.05) is 29.8 Å². The van der Waals surface area contributed by atoms with Gasteiger partial charge in [0.1, 0.15) is 0 Å². The van der Waals surface area contributed by atoms with Crippen LogP contribution in [0.1, 0.15) is 32.8 Å². The Balaban J connectivity index is 2.94. The summed E-state index contributed by atoms with van der Waals surface area (Å²) in [5.41, 5.74) is 7.19. The van der Waals surface area contributed by atoms with Gasteiger partial charge < -0.3 is 11.1 Å². The Morgan fingerprint density at radius 2 is 2.11 bits per heavy atom. The highest BCUT2D eigenvalue weighted by Gasteiger charge is 2.29. The Bertz CT molecular complexity index is 428. The van der Waals surface area contributed by atoms with E-state index < -0.39 is 5.41 Å². The van der Waals surface area contributed by atoms with Crippen molar-refractivity contribution >= 4 is 27.5 Å². The highest BCUT2D eigenvalue weighted by atomic mass is 79.9. The van der Waals surface area contributed by atoms with Crippen molar-refractivity contribution in [3.63, 3.8) is 0 Å². The maximum Gasteiger partial charge on any atom is 0.231 e. The van der Waals surface area contributed by atoms with Crippen LogP contribution >= 0.6 is 15.9 Å². The van der Waals surface area contributed by atoms with E-state index in [1.165, 1.54) is 0 Å². The molecule has 3 N–H and O–H groups in total. The van der Waals surface area contributed by atoms with Gasteiger partial charge in [0.2, 0.25) is 5.91 Å². The van der Waals surface area contributed by atoms with Crippen molar-refractivity contribution in [2.24, 2.45) is 11.1 Å². The van der Waals surface area contributed by atoms with Crippen LogP contribution in [0.2, 0.25) is 0 Å². The predicted molar refractivity (Wildman–Crippen MR) is 79.6 cm³/mol. The van der Waals surface area contributed by atoms with Crippen LogP contribution in [-0.4, -0.2) is 12.5 Å². The molecule has 4 heteroatoms. The van der Waals surface area contributed by atoms with E-state index >= 15 is 0 Å². The first-order valence-corrected chi connectivity index (χ1v) is 7.06. The largest absolute Gasteiger partial charge is 0.329 e. The molecule has 1 unspecified atom stereocenters. The molecule has 1 amide bonds. The summed E-state index contributed by atoms with van der Waals surface area (Å²) < 4.78 is 1.02. The summed E-state index contributed by atoms with van der Waals surface area (Å²) in [7, 11) is 0. The zero-order chi connectivity index (χ0) is 13.8. The molecule has 0 aliphatic heterocycles. The van der Waals surface area contributed by atoms with Crippen LogP contribution in [0.25, 0.3) is 0 Å². The third-order valence-corrected chi connectivity index (χ3v) is 3.97. The molecule has 1 aromatic rings. The molecule has 1 atom stereocenters. The summed E-state index contributed by atoms with van der Waals surface area (Å²) in [4.78, 5) is 12.2. The molecule has 0 saturated heterocycles. The Labute approximate surface area is 117 Å². The van der Waals surface area contributed by atoms with E-state index in [-0.39, 0.29) is 5.91 Å². The number of halogens is 1. The zero-order valence-electron chi connectivity index (χ0n) is 11.2. The average Bonchev–Trinajstić information content (AvgIpc) is 2.39. The second-order valence-electron chi connectivity index (χ2n) is 4.73. The number of nitrogens with one attached hydrogen (secondary N) is 1. The van der Waals surface area contributed by atoms with E-state index in [0.29, 0.717) is 6.54 Å². The maximum atomic E-state index is 12.2. The van der Waals surface area contributed by atoms with Crippen molar-refractivity contribution in [1.29, 1.82) is 0 Å². The normalized spacial score (nSPS) is 14.1. The van der Waals surface area contributed by atoms with Gasteiger partial charge in [-0.15, -0.1) is 0 Å². The van der Waals surface area contributed by atoms with Gasteiger partial charge in [-0.05, 0) is 43.5 Å². The second-order valence-corrected chi connectivity index (χ2v) is 5.64. The molecule has 0 aliphatic carbocycles. The number of benzene rings is 1. The summed E-state index contributed by atoms with van der Waals surface area (Å²) in [6.07, 6.45) is 1.60. The summed E-state index contributed by atoms with van der Waals surface area (Å²) in [6.45, 7) is 6.30. The molecule has 0 fully saturated rings. The Hall–Kier alpha value is -0.870. The minimum Gasteiger partial charge on any atom is -0.329 e. The van der Waals surface area contributed by atoms with Gasteiger partial charge in [0.25, 0.3) is 0 Å². The van der Waals surface area contributed by atoms with Gasteiger partial charge in [-0.3, -0.25) is 4.79 Å². The number of nitrogens with two attached hydrogens (primary N) is 1. The topological polar surface area (TPSA) is 55.1 Å². The number of hydrogen-bond donors (Lipinski definition) is 2. The number of amides is 1. The van der Waals surface area contributed by atoms with E-state index in [9.17, 15) is 4.79 Å². The van der Waals surface area contributed by atoms with E-state index in [4.69, 9.17) is 5.73 Å². The number of anilines is 1. The summed E-state index contributed by atoms with van der Waals surface area (Å²) in [6, 6.07) is 5.88. The van der Waals surface area contributed by atoms with Crippen molar-refractivity contribution in [2.75, 3.05) is 11.9 Å². The molecule has 18 heavy (non-hydrogen) atoms. The van der Waals surface area contributed by atoms with Crippen LogP contribution in [0, 0.1) is 5.41 Å². The number of rotatable bonds is 5. The fourth-order valence-electron chi connectivity index (χ4n) is 1.65. The third-order valence-electron chi connectivity index (χ3n) is 3.48. The van der Waals surface area contributed by atoms with Gasteiger partial charge in [0.05, 0.1) is 5.41 Å². The summed E-state index contributed by atoms with van der Waals surface area (Å²) in [5.74, 6) is -0.00970. The van der Waals surface area contributed by atoms with Crippen molar-refractivity contribution < 1.29 is 4.79 Å². The van der Waals surface area contributed by atoms with Crippen molar-refractivity contribution in [3.8, 4) is 0 Å². The van der Waals surface area contributed by atoms with E-state index in [2.05, 4.69) is 28.2 Å². The van der Waals surface area contributed by atoms with Gasteiger partial charge >= 0.3 is 0 Å². The number of carbonyl (C=O) groups is 1. The molecule has 1 aromatic carbocycles. The molecular formula is C14H21BrN2O. The van der Waals surface area contributed by atoms with Gasteiger partial charge in [0.15, 0.2) is 0 Å². The number of hydrogen-bond acceptors (Lipinski definition) is 2. The van der Waals surface area contributed by atoms with E-state index in [1.807, 2.05) is 32.0 Å². The molecule has 3 nitrogen and oxygen atoms in total. The number of carbonyl (C=O) groups excluding carboxylic acids is 1. The predicted octanol–water partition coefficient (Wildman–Crippen LogP) is 3.33. The van der Waals surface area contributed by atoms with Crippen molar-refractivity contribution in [1.82, 2.24) is 0 Å². The molecule has 100 valence electrons. The molecule has 0 heterocycles. The fraction of sp³-hybridized carbons (Fsp3) is 0.500.